The molecule has 16 heavy (non-hydrogen) atoms. The van der Waals surface area contributed by atoms with Gasteiger partial charge in [-0.15, -0.1) is 0 Å². The van der Waals surface area contributed by atoms with E-state index in [9.17, 15) is 4.79 Å². The number of carbonyl (C=O) groups is 1. The van der Waals surface area contributed by atoms with Crippen LogP contribution in [0.5, 0.6) is 0 Å². The van der Waals surface area contributed by atoms with Crippen LogP contribution in [0.4, 0.5) is 0 Å². The SMILES string of the molecule is CC(C)=CC(C#N)OC(=O)c1ccccc1. The third-order valence-electron chi connectivity index (χ3n) is 1.86. The average molecular weight is 215 g/mol. The van der Waals surface area contributed by atoms with Crippen molar-refractivity contribution in [2.75, 3.05) is 0 Å². The summed E-state index contributed by atoms with van der Waals surface area (Å²) in [7, 11) is 0. The molecule has 0 radical (unpaired) electrons. The lowest BCUT2D eigenvalue weighted by Gasteiger charge is -2.07. The van der Waals surface area contributed by atoms with Crippen LogP contribution >= 0.6 is 0 Å². The van der Waals surface area contributed by atoms with Crippen molar-refractivity contribution in [3.63, 3.8) is 0 Å². The molecule has 0 saturated carbocycles. The van der Waals surface area contributed by atoms with Gasteiger partial charge in [-0.2, -0.15) is 5.26 Å². The maximum Gasteiger partial charge on any atom is 0.339 e. The highest BCUT2D eigenvalue weighted by Gasteiger charge is 2.12. The Bertz CT molecular complexity index is 425. The highest BCUT2D eigenvalue weighted by molar-refractivity contribution is 5.89. The second-order valence-corrected chi connectivity index (χ2v) is 3.57. The fourth-order valence-electron chi connectivity index (χ4n) is 1.16. The van der Waals surface area contributed by atoms with Crippen LogP contribution in [0, 0.1) is 11.3 Å². The lowest BCUT2D eigenvalue weighted by atomic mass is 10.2. The van der Waals surface area contributed by atoms with E-state index in [1.54, 1.807) is 30.3 Å². The third-order valence-corrected chi connectivity index (χ3v) is 1.86. The molecule has 0 spiro atoms. The largest absolute Gasteiger partial charge is 0.439 e. The average Bonchev–Trinajstić information content (AvgIpc) is 2.28. The minimum absolute atomic E-state index is 0.449. The summed E-state index contributed by atoms with van der Waals surface area (Å²) in [5.41, 5.74) is 1.39. The second kappa shape index (κ2) is 5.72. The fourth-order valence-corrected chi connectivity index (χ4v) is 1.16. The molecule has 0 aromatic heterocycles. The molecule has 3 nitrogen and oxygen atoms in total. The minimum atomic E-state index is -0.822. The molecule has 0 fully saturated rings. The predicted octanol–water partition coefficient (Wildman–Crippen LogP) is 2.70. The van der Waals surface area contributed by atoms with E-state index in [0.29, 0.717) is 5.56 Å². The van der Waals surface area contributed by atoms with Crippen molar-refractivity contribution in [1.29, 1.82) is 5.26 Å². The number of hydrogen-bond acceptors (Lipinski definition) is 3. The van der Waals surface area contributed by atoms with Crippen molar-refractivity contribution in [2.24, 2.45) is 0 Å². The van der Waals surface area contributed by atoms with Gasteiger partial charge in [0.1, 0.15) is 6.07 Å². The molecule has 1 aromatic rings. The van der Waals surface area contributed by atoms with E-state index in [0.717, 1.165) is 5.57 Å². The van der Waals surface area contributed by atoms with E-state index < -0.39 is 12.1 Å². The molecule has 1 atom stereocenters. The highest BCUT2D eigenvalue weighted by Crippen LogP contribution is 2.05. The van der Waals surface area contributed by atoms with Gasteiger partial charge in [0.2, 0.25) is 6.10 Å². The quantitative estimate of drug-likeness (QED) is 0.575. The van der Waals surface area contributed by atoms with Crippen LogP contribution in [-0.4, -0.2) is 12.1 Å². The zero-order valence-corrected chi connectivity index (χ0v) is 9.31. The number of allylic oxidation sites excluding steroid dienone is 1. The summed E-state index contributed by atoms with van der Waals surface area (Å²) in [6.07, 6.45) is 0.790. The van der Waals surface area contributed by atoms with E-state index in [1.807, 2.05) is 26.0 Å². The van der Waals surface area contributed by atoms with Crippen molar-refractivity contribution in [2.45, 2.75) is 20.0 Å². The summed E-state index contributed by atoms with van der Waals surface area (Å²) in [6, 6.07) is 10.5. The first-order chi connectivity index (χ1) is 7.63. The number of ether oxygens (including phenoxy) is 1. The summed E-state index contributed by atoms with van der Waals surface area (Å²) in [5, 5.41) is 8.80. The number of benzene rings is 1. The number of nitrogens with zero attached hydrogens (tertiary/aromatic N) is 1. The van der Waals surface area contributed by atoms with Crippen molar-refractivity contribution >= 4 is 5.97 Å². The summed E-state index contributed by atoms with van der Waals surface area (Å²) in [4.78, 5) is 11.6. The van der Waals surface area contributed by atoms with Crippen molar-refractivity contribution in [1.82, 2.24) is 0 Å². The smallest absolute Gasteiger partial charge is 0.339 e. The Morgan fingerprint density at radius 2 is 2.00 bits per heavy atom. The van der Waals surface area contributed by atoms with Crippen molar-refractivity contribution < 1.29 is 9.53 Å². The molecular weight excluding hydrogens is 202 g/mol. The molecule has 0 aliphatic rings. The lowest BCUT2D eigenvalue weighted by Crippen LogP contribution is -2.14. The first-order valence-corrected chi connectivity index (χ1v) is 4.94. The van der Waals surface area contributed by atoms with E-state index in [2.05, 4.69) is 0 Å². The Labute approximate surface area is 95.0 Å². The number of rotatable bonds is 3. The van der Waals surface area contributed by atoms with Crippen LogP contribution in [0.3, 0.4) is 0 Å². The van der Waals surface area contributed by atoms with E-state index in [4.69, 9.17) is 10.00 Å². The summed E-state index contributed by atoms with van der Waals surface area (Å²) < 4.78 is 5.02. The molecule has 0 bridgehead atoms. The number of hydrogen-bond donors (Lipinski definition) is 0. The Morgan fingerprint density at radius 3 is 2.50 bits per heavy atom. The summed E-state index contributed by atoms with van der Waals surface area (Å²) in [6.45, 7) is 3.70. The van der Waals surface area contributed by atoms with Gasteiger partial charge < -0.3 is 4.74 Å². The maximum absolute atomic E-state index is 11.6. The van der Waals surface area contributed by atoms with Gasteiger partial charge >= 0.3 is 5.97 Å². The van der Waals surface area contributed by atoms with Gasteiger partial charge in [-0.05, 0) is 32.1 Å². The highest BCUT2D eigenvalue weighted by atomic mass is 16.5. The molecule has 1 unspecified atom stereocenters. The maximum atomic E-state index is 11.6. The van der Waals surface area contributed by atoms with Gasteiger partial charge in [0, 0.05) is 0 Å². The molecule has 82 valence electrons. The zero-order chi connectivity index (χ0) is 12.0. The van der Waals surface area contributed by atoms with Crippen LogP contribution in [-0.2, 0) is 4.74 Å². The van der Waals surface area contributed by atoms with Crippen LogP contribution in [0.15, 0.2) is 42.0 Å². The summed E-state index contributed by atoms with van der Waals surface area (Å²) >= 11 is 0. The Hall–Kier alpha value is -2.08. The number of nitriles is 1. The molecule has 0 N–H and O–H groups in total. The normalized spacial score (nSPS) is 11.1. The van der Waals surface area contributed by atoms with Gasteiger partial charge in [0.15, 0.2) is 0 Å². The van der Waals surface area contributed by atoms with E-state index in [1.165, 1.54) is 0 Å². The van der Waals surface area contributed by atoms with Gasteiger partial charge in [-0.3, -0.25) is 0 Å². The van der Waals surface area contributed by atoms with Crippen LogP contribution in [0.2, 0.25) is 0 Å². The monoisotopic (exact) mass is 215 g/mol. The number of carbonyl (C=O) groups excluding carboxylic acids is 1. The predicted molar refractivity (Wildman–Crippen MR) is 60.7 cm³/mol. The van der Waals surface area contributed by atoms with Crippen LogP contribution in [0.1, 0.15) is 24.2 Å². The molecule has 0 amide bonds. The first kappa shape index (κ1) is 12.0. The van der Waals surface area contributed by atoms with Gasteiger partial charge in [0.05, 0.1) is 5.56 Å². The zero-order valence-electron chi connectivity index (χ0n) is 9.31. The van der Waals surface area contributed by atoms with E-state index >= 15 is 0 Å². The Morgan fingerprint density at radius 1 is 1.38 bits per heavy atom. The Kier molecular flexibility index (Phi) is 4.28. The minimum Gasteiger partial charge on any atom is -0.439 e. The molecule has 1 aromatic carbocycles. The van der Waals surface area contributed by atoms with E-state index in [-0.39, 0.29) is 0 Å². The van der Waals surface area contributed by atoms with Crippen molar-refractivity contribution in [3.05, 3.63) is 47.5 Å². The standard InChI is InChI=1S/C13H13NO2/c1-10(2)8-12(9-14)16-13(15)11-6-4-3-5-7-11/h3-8,12H,1-2H3. The van der Waals surface area contributed by atoms with Crippen molar-refractivity contribution in [3.8, 4) is 6.07 Å². The van der Waals surface area contributed by atoms with Crippen LogP contribution in [0.25, 0.3) is 0 Å². The van der Waals surface area contributed by atoms with Crippen LogP contribution < -0.4 is 0 Å². The van der Waals surface area contributed by atoms with Gasteiger partial charge in [-0.1, -0.05) is 23.8 Å². The second-order valence-electron chi connectivity index (χ2n) is 3.57. The third kappa shape index (κ3) is 3.58. The molecule has 1 rings (SSSR count). The molecule has 0 aliphatic carbocycles. The molecular formula is C13H13NO2. The lowest BCUT2D eigenvalue weighted by molar-refractivity contribution is 0.0471. The molecule has 0 saturated heterocycles. The fraction of sp³-hybridized carbons (Fsp3) is 0.231. The molecule has 0 aliphatic heterocycles. The van der Waals surface area contributed by atoms with Gasteiger partial charge in [-0.25, -0.2) is 4.79 Å². The number of esters is 1. The summed E-state index contributed by atoms with van der Waals surface area (Å²) in [5.74, 6) is -0.482. The molecule has 0 heterocycles. The molecule has 3 heteroatoms. The van der Waals surface area contributed by atoms with Gasteiger partial charge in [0.25, 0.3) is 0 Å². The topological polar surface area (TPSA) is 50.1 Å². The Balaban J connectivity index is 2.72. The first-order valence-electron chi connectivity index (χ1n) is 4.94.